The number of anilines is 1. The van der Waals surface area contributed by atoms with E-state index in [4.69, 9.17) is 5.73 Å². The van der Waals surface area contributed by atoms with Gasteiger partial charge in [0.2, 0.25) is 10.0 Å². The van der Waals surface area contributed by atoms with E-state index < -0.39 is 10.0 Å². The Morgan fingerprint density at radius 3 is 2.72 bits per heavy atom. The van der Waals surface area contributed by atoms with Gasteiger partial charge in [-0.1, -0.05) is 6.92 Å². The van der Waals surface area contributed by atoms with Crippen molar-refractivity contribution in [1.82, 2.24) is 14.5 Å². The molecule has 0 spiro atoms. The molecule has 1 heterocycles. The monoisotopic (exact) mass is 272 g/mol. The van der Waals surface area contributed by atoms with Crippen molar-refractivity contribution in [3.8, 4) is 0 Å². The van der Waals surface area contributed by atoms with Crippen molar-refractivity contribution in [2.45, 2.75) is 56.5 Å². The number of aromatic nitrogens is 2. The Morgan fingerprint density at radius 1 is 1.56 bits per heavy atom. The van der Waals surface area contributed by atoms with E-state index in [1.165, 1.54) is 6.20 Å². The largest absolute Gasteiger partial charge is 0.381 e. The van der Waals surface area contributed by atoms with Crippen LogP contribution in [0.1, 0.15) is 39.5 Å². The molecule has 102 valence electrons. The van der Waals surface area contributed by atoms with E-state index in [0.717, 1.165) is 25.7 Å². The number of nitrogens with zero attached hydrogens (tertiary/aromatic N) is 2. The summed E-state index contributed by atoms with van der Waals surface area (Å²) in [6.07, 6.45) is 5.18. The summed E-state index contributed by atoms with van der Waals surface area (Å²) in [5, 5.41) is 4.02. The second-order valence-electron chi connectivity index (χ2n) is 5.16. The van der Waals surface area contributed by atoms with Gasteiger partial charge in [0.05, 0.1) is 0 Å². The molecule has 6 nitrogen and oxygen atoms in total. The summed E-state index contributed by atoms with van der Waals surface area (Å²) in [6, 6.07) is 0. The van der Waals surface area contributed by atoms with E-state index in [1.807, 2.05) is 13.8 Å². The van der Waals surface area contributed by atoms with E-state index in [9.17, 15) is 8.42 Å². The molecule has 1 fully saturated rings. The number of nitrogen functional groups attached to an aromatic ring is 1. The first-order valence-electron chi connectivity index (χ1n) is 6.23. The molecule has 3 N–H and O–H groups in total. The molecule has 0 unspecified atom stereocenters. The Bertz CT molecular complexity index is 531. The van der Waals surface area contributed by atoms with Gasteiger partial charge in [-0.15, -0.1) is 0 Å². The average Bonchev–Trinajstić information content (AvgIpc) is 2.58. The van der Waals surface area contributed by atoms with Gasteiger partial charge in [0.25, 0.3) is 0 Å². The zero-order chi connectivity index (χ0) is 13.4. The highest BCUT2D eigenvalue weighted by Crippen LogP contribution is 2.33. The molecule has 0 atom stereocenters. The Labute approximate surface area is 108 Å². The smallest absolute Gasteiger partial charge is 0.246 e. The van der Waals surface area contributed by atoms with Gasteiger partial charge in [-0.2, -0.15) is 5.10 Å². The fourth-order valence-corrected chi connectivity index (χ4v) is 3.70. The summed E-state index contributed by atoms with van der Waals surface area (Å²) in [5.74, 6) is 0.0684. The molecule has 2 rings (SSSR count). The highest BCUT2D eigenvalue weighted by Gasteiger charge is 2.37. The maximum Gasteiger partial charge on any atom is 0.246 e. The Morgan fingerprint density at radius 2 is 2.22 bits per heavy atom. The molecule has 0 amide bonds. The normalized spacial score (nSPS) is 18.6. The summed E-state index contributed by atoms with van der Waals surface area (Å²) < 4.78 is 28.8. The van der Waals surface area contributed by atoms with Crippen LogP contribution < -0.4 is 10.5 Å². The van der Waals surface area contributed by atoms with Crippen LogP contribution in [0.3, 0.4) is 0 Å². The van der Waals surface area contributed by atoms with Crippen LogP contribution >= 0.6 is 0 Å². The molecule has 0 aromatic carbocycles. The SMILES string of the molecule is CCCn1cc(S(=O)(=O)NC2(C)CCC2)c(N)n1. The van der Waals surface area contributed by atoms with Crippen LogP contribution in [0.4, 0.5) is 5.82 Å². The second kappa shape index (κ2) is 4.55. The van der Waals surface area contributed by atoms with Crippen molar-refractivity contribution >= 4 is 15.8 Å². The predicted molar refractivity (Wildman–Crippen MR) is 69.5 cm³/mol. The topological polar surface area (TPSA) is 90.0 Å². The fourth-order valence-electron chi connectivity index (χ4n) is 2.16. The predicted octanol–water partition coefficient (Wildman–Crippen LogP) is 1.10. The molecule has 1 aromatic rings. The number of hydrogen-bond acceptors (Lipinski definition) is 4. The van der Waals surface area contributed by atoms with Crippen LogP contribution in [0, 0.1) is 0 Å². The second-order valence-corrected chi connectivity index (χ2v) is 6.81. The third kappa shape index (κ3) is 2.51. The van der Waals surface area contributed by atoms with Crippen molar-refractivity contribution in [2.24, 2.45) is 0 Å². The summed E-state index contributed by atoms with van der Waals surface area (Å²) in [4.78, 5) is 0.0871. The maximum absolute atomic E-state index is 12.2. The van der Waals surface area contributed by atoms with Crippen LogP contribution in [0.25, 0.3) is 0 Å². The third-order valence-electron chi connectivity index (χ3n) is 3.34. The highest BCUT2D eigenvalue weighted by atomic mass is 32.2. The van der Waals surface area contributed by atoms with Crippen molar-refractivity contribution in [2.75, 3.05) is 5.73 Å². The Hall–Kier alpha value is -1.08. The highest BCUT2D eigenvalue weighted by molar-refractivity contribution is 7.89. The number of hydrogen-bond donors (Lipinski definition) is 2. The van der Waals surface area contributed by atoms with Crippen molar-refractivity contribution in [3.63, 3.8) is 0 Å². The number of rotatable bonds is 5. The summed E-state index contributed by atoms with van der Waals surface area (Å²) in [5.41, 5.74) is 5.36. The fraction of sp³-hybridized carbons (Fsp3) is 0.727. The van der Waals surface area contributed by atoms with Gasteiger partial charge in [-0.05, 0) is 32.6 Å². The van der Waals surface area contributed by atoms with Gasteiger partial charge in [-0.3, -0.25) is 4.68 Å². The van der Waals surface area contributed by atoms with Gasteiger partial charge in [0.15, 0.2) is 5.82 Å². The van der Waals surface area contributed by atoms with E-state index in [1.54, 1.807) is 4.68 Å². The molecular formula is C11H20N4O2S. The van der Waals surface area contributed by atoms with E-state index in [0.29, 0.717) is 6.54 Å². The zero-order valence-electron chi connectivity index (χ0n) is 10.8. The van der Waals surface area contributed by atoms with Gasteiger partial charge in [-0.25, -0.2) is 13.1 Å². The molecule has 1 saturated carbocycles. The Kier molecular flexibility index (Phi) is 3.37. The zero-order valence-corrected chi connectivity index (χ0v) is 11.6. The molecule has 1 aliphatic carbocycles. The first-order valence-corrected chi connectivity index (χ1v) is 7.71. The van der Waals surface area contributed by atoms with Crippen LogP contribution in [0.15, 0.2) is 11.1 Å². The number of sulfonamides is 1. The van der Waals surface area contributed by atoms with Crippen molar-refractivity contribution in [3.05, 3.63) is 6.20 Å². The molecule has 1 aromatic heterocycles. The molecule has 0 radical (unpaired) electrons. The number of aryl methyl sites for hydroxylation is 1. The Balaban J connectivity index is 2.23. The minimum Gasteiger partial charge on any atom is -0.381 e. The number of nitrogens with one attached hydrogen (secondary N) is 1. The van der Waals surface area contributed by atoms with Gasteiger partial charge in [0, 0.05) is 18.3 Å². The molecular weight excluding hydrogens is 252 g/mol. The standard InChI is InChI=1S/C11H20N4O2S/c1-3-7-15-8-9(10(12)13-15)18(16,17)14-11(2)5-4-6-11/h8,14H,3-7H2,1-2H3,(H2,12,13). The maximum atomic E-state index is 12.2. The number of nitrogens with two attached hydrogens (primary N) is 1. The summed E-state index contributed by atoms with van der Waals surface area (Å²) in [6.45, 7) is 4.58. The molecule has 1 aliphatic rings. The minimum atomic E-state index is -3.57. The molecule has 0 bridgehead atoms. The van der Waals surface area contributed by atoms with Gasteiger partial charge < -0.3 is 5.73 Å². The minimum absolute atomic E-state index is 0.0684. The van der Waals surface area contributed by atoms with Crippen LogP contribution in [-0.4, -0.2) is 23.7 Å². The van der Waals surface area contributed by atoms with E-state index >= 15 is 0 Å². The lowest BCUT2D eigenvalue weighted by molar-refractivity contribution is 0.248. The van der Waals surface area contributed by atoms with Gasteiger partial charge in [0.1, 0.15) is 4.90 Å². The molecule has 7 heteroatoms. The molecule has 0 saturated heterocycles. The first-order chi connectivity index (χ1) is 8.36. The lowest BCUT2D eigenvalue weighted by Gasteiger charge is -2.38. The lowest BCUT2D eigenvalue weighted by atomic mass is 9.80. The summed E-state index contributed by atoms with van der Waals surface area (Å²) in [7, 11) is -3.57. The van der Waals surface area contributed by atoms with Crippen LogP contribution in [0.5, 0.6) is 0 Å². The third-order valence-corrected chi connectivity index (χ3v) is 4.99. The van der Waals surface area contributed by atoms with Crippen LogP contribution in [0.2, 0.25) is 0 Å². The van der Waals surface area contributed by atoms with E-state index in [2.05, 4.69) is 9.82 Å². The average molecular weight is 272 g/mol. The summed E-state index contributed by atoms with van der Waals surface area (Å²) >= 11 is 0. The van der Waals surface area contributed by atoms with Crippen molar-refractivity contribution in [1.29, 1.82) is 0 Å². The van der Waals surface area contributed by atoms with Crippen LogP contribution in [-0.2, 0) is 16.6 Å². The van der Waals surface area contributed by atoms with Gasteiger partial charge >= 0.3 is 0 Å². The van der Waals surface area contributed by atoms with Crippen molar-refractivity contribution < 1.29 is 8.42 Å². The lowest BCUT2D eigenvalue weighted by Crippen LogP contribution is -2.50. The molecule has 18 heavy (non-hydrogen) atoms. The quantitative estimate of drug-likeness (QED) is 0.839. The van der Waals surface area contributed by atoms with E-state index in [-0.39, 0.29) is 16.3 Å². The molecule has 0 aliphatic heterocycles. The first kappa shape index (κ1) is 13.4.